The molecular formula is C13H21N3O. The van der Waals surface area contributed by atoms with E-state index >= 15 is 0 Å². The molecule has 0 aromatic carbocycles. The highest BCUT2D eigenvalue weighted by molar-refractivity contribution is 5.45. The lowest BCUT2D eigenvalue weighted by Crippen LogP contribution is -2.31. The average Bonchev–Trinajstić information content (AvgIpc) is 2.59. The lowest BCUT2D eigenvalue weighted by atomic mass is 9.91. The second-order valence-electron chi connectivity index (χ2n) is 5.36. The summed E-state index contributed by atoms with van der Waals surface area (Å²) in [6.07, 6.45) is 6.13. The zero-order valence-electron chi connectivity index (χ0n) is 10.5. The molecule has 1 unspecified atom stereocenters. The SMILES string of the molecule is CN1CCCC(c2noc3c2CCCCN3)C1. The Hall–Kier alpha value is -1.03. The third-order valence-corrected chi connectivity index (χ3v) is 3.97. The molecule has 1 fully saturated rings. The summed E-state index contributed by atoms with van der Waals surface area (Å²) < 4.78 is 5.48. The van der Waals surface area contributed by atoms with Crippen LogP contribution in [0.2, 0.25) is 0 Å². The molecule has 4 heteroatoms. The average molecular weight is 235 g/mol. The second-order valence-corrected chi connectivity index (χ2v) is 5.36. The lowest BCUT2D eigenvalue weighted by molar-refractivity contribution is 0.244. The Balaban J connectivity index is 1.84. The number of likely N-dealkylation sites (N-methyl/N-ethyl adjacent to an activating group) is 1. The molecule has 0 radical (unpaired) electrons. The Morgan fingerprint density at radius 2 is 2.29 bits per heavy atom. The fraction of sp³-hybridized carbons (Fsp3) is 0.769. The van der Waals surface area contributed by atoms with E-state index in [0.29, 0.717) is 5.92 Å². The van der Waals surface area contributed by atoms with Crippen molar-refractivity contribution in [2.75, 3.05) is 32.0 Å². The highest BCUT2D eigenvalue weighted by Gasteiger charge is 2.27. The topological polar surface area (TPSA) is 41.3 Å². The summed E-state index contributed by atoms with van der Waals surface area (Å²) in [5.74, 6) is 1.51. The van der Waals surface area contributed by atoms with E-state index in [4.69, 9.17) is 4.52 Å². The van der Waals surface area contributed by atoms with Crippen LogP contribution >= 0.6 is 0 Å². The van der Waals surface area contributed by atoms with Crippen molar-refractivity contribution >= 4 is 5.88 Å². The fourth-order valence-electron chi connectivity index (χ4n) is 3.04. The van der Waals surface area contributed by atoms with Gasteiger partial charge in [0.2, 0.25) is 5.88 Å². The first-order valence-electron chi connectivity index (χ1n) is 6.75. The maximum Gasteiger partial charge on any atom is 0.228 e. The van der Waals surface area contributed by atoms with Crippen LogP contribution in [0.4, 0.5) is 5.88 Å². The van der Waals surface area contributed by atoms with Gasteiger partial charge in [-0.25, -0.2) is 0 Å². The number of hydrogen-bond donors (Lipinski definition) is 1. The van der Waals surface area contributed by atoms with Crippen LogP contribution in [0.5, 0.6) is 0 Å². The van der Waals surface area contributed by atoms with Gasteiger partial charge in [-0.05, 0) is 45.7 Å². The molecule has 0 saturated carbocycles. The van der Waals surface area contributed by atoms with Crippen LogP contribution in [-0.4, -0.2) is 36.7 Å². The van der Waals surface area contributed by atoms with Gasteiger partial charge < -0.3 is 14.7 Å². The molecule has 0 bridgehead atoms. The summed E-state index contributed by atoms with van der Waals surface area (Å²) in [7, 11) is 2.20. The van der Waals surface area contributed by atoms with E-state index in [-0.39, 0.29) is 0 Å². The minimum atomic E-state index is 0.571. The highest BCUT2D eigenvalue weighted by atomic mass is 16.5. The molecule has 1 aromatic rings. The molecule has 1 N–H and O–H groups in total. The minimum absolute atomic E-state index is 0.571. The Morgan fingerprint density at radius 1 is 1.35 bits per heavy atom. The molecule has 3 rings (SSSR count). The number of piperidine rings is 1. The van der Waals surface area contributed by atoms with Gasteiger partial charge in [0.25, 0.3) is 0 Å². The largest absolute Gasteiger partial charge is 0.354 e. The molecule has 0 spiro atoms. The molecule has 17 heavy (non-hydrogen) atoms. The molecule has 2 aliphatic rings. The third kappa shape index (κ3) is 2.18. The number of likely N-dealkylation sites (tertiary alicyclic amines) is 1. The first-order chi connectivity index (χ1) is 8.34. The van der Waals surface area contributed by atoms with Gasteiger partial charge >= 0.3 is 0 Å². The number of nitrogens with one attached hydrogen (secondary N) is 1. The Bertz CT molecular complexity index is 388. The van der Waals surface area contributed by atoms with Crippen molar-refractivity contribution in [1.29, 1.82) is 0 Å². The first-order valence-corrected chi connectivity index (χ1v) is 6.75. The van der Waals surface area contributed by atoms with E-state index in [1.54, 1.807) is 0 Å². The highest BCUT2D eigenvalue weighted by Crippen LogP contribution is 2.33. The smallest absolute Gasteiger partial charge is 0.228 e. The predicted octanol–water partition coefficient (Wildman–Crippen LogP) is 2.23. The van der Waals surface area contributed by atoms with Crippen molar-refractivity contribution in [2.45, 2.75) is 38.0 Å². The Morgan fingerprint density at radius 3 is 3.18 bits per heavy atom. The quantitative estimate of drug-likeness (QED) is 0.810. The molecular weight excluding hydrogens is 214 g/mol. The van der Waals surface area contributed by atoms with Crippen LogP contribution in [0.1, 0.15) is 42.9 Å². The van der Waals surface area contributed by atoms with Gasteiger partial charge in [0.15, 0.2) is 0 Å². The van der Waals surface area contributed by atoms with Gasteiger partial charge in [0, 0.05) is 24.6 Å². The standard InChI is InChI=1S/C13H21N3O/c1-16-8-4-5-10(9-16)12-11-6-2-3-7-14-13(11)17-15-12/h10,14H,2-9H2,1H3. The van der Waals surface area contributed by atoms with Crippen molar-refractivity contribution < 1.29 is 4.52 Å². The summed E-state index contributed by atoms with van der Waals surface area (Å²) in [6.45, 7) is 3.36. The molecule has 1 atom stereocenters. The zero-order valence-corrected chi connectivity index (χ0v) is 10.5. The number of hydrogen-bond acceptors (Lipinski definition) is 4. The van der Waals surface area contributed by atoms with E-state index in [1.165, 1.54) is 43.5 Å². The normalized spacial score (nSPS) is 26.1. The van der Waals surface area contributed by atoms with E-state index in [1.807, 2.05) is 0 Å². The van der Waals surface area contributed by atoms with Crippen molar-refractivity contribution in [1.82, 2.24) is 10.1 Å². The van der Waals surface area contributed by atoms with Crippen molar-refractivity contribution in [2.24, 2.45) is 0 Å². The van der Waals surface area contributed by atoms with Crippen molar-refractivity contribution in [3.8, 4) is 0 Å². The number of nitrogens with zero attached hydrogens (tertiary/aromatic N) is 2. The number of rotatable bonds is 1. The maximum absolute atomic E-state index is 5.48. The van der Waals surface area contributed by atoms with Crippen LogP contribution in [0.15, 0.2) is 4.52 Å². The molecule has 1 aromatic heterocycles. The van der Waals surface area contributed by atoms with E-state index < -0.39 is 0 Å². The Labute approximate surface area is 102 Å². The van der Waals surface area contributed by atoms with Gasteiger partial charge in [-0.1, -0.05) is 5.16 Å². The summed E-state index contributed by atoms with van der Waals surface area (Å²) >= 11 is 0. The van der Waals surface area contributed by atoms with Crippen LogP contribution in [0, 0.1) is 0 Å². The number of anilines is 1. The van der Waals surface area contributed by atoms with Crippen LogP contribution in [0.3, 0.4) is 0 Å². The number of aromatic nitrogens is 1. The predicted molar refractivity (Wildman–Crippen MR) is 67.4 cm³/mol. The van der Waals surface area contributed by atoms with Crippen molar-refractivity contribution in [3.63, 3.8) is 0 Å². The summed E-state index contributed by atoms with van der Waals surface area (Å²) in [5.41, 5.74) is 2.57. The second kappa shape index (κ2) is 4.69. The van der Waals surface area contributed by atoms with E-state index in [0.717, 1.165) is 25.4 Å². The molecule has 3 heterocycles. The van der Waals surface area contributed by atoms with Crippen LogP contribution in [-0.2, 0) is 6.42 Å². The lowest BCUT2D eigenvalue weighted by Gasteiger charge is -2.28. The Kier molecular flexibility index (Phi) is 3.05. The van der Waals surface area contributed by atoms with Gasteiger partial charge in [-0.2, -0.15) is 0 Å². The van der Waals surface area contributed by atoms with Gasteiger partial charge in [-0.3, -0.25) is 0 Å². The van der Waals surface area contributed by atoms with Gasteiger partial charge in [0.1, 0.15) is 0 Å². The monoisotopic (exact) mass is 235 g/mol. The van der Waals surface area contributed by atoms with Crippen LogP contribution in [0.25, 0.3) is 0 Å². The van der Waals surface area contributed by atoms with Gasteiger partial charge in [0.05, 0.1) is 5.69 Å². The van der Waals surface area contributed by atoms with Crippen molar-refractivity contribution in [3.05, 3.63) is 11.3 Å². The maximum atomic E-state index is 5.48. The third-order valence-electron chi connectivity index (χ3n) is 3.97. The number of fused-ring (bicyclic) bond motifs is 1. The minimum Gasteiger partial charge on any atom is -0.354 e. The van der Waals surface area contributed by atoms with E-state index in [9.17, 15) is 0 Å². The molecule has 2 aliphatic heterocycles. The summed E-state index contributed by atoms with van der Waals surface area (Å²) in [4.78, 5) is 2.40. The molecule has 1 saturated heterocycles. The molecule has 94 valence electrons. The molecule has 4 nitrogen and oxygen atoms in total. The van der Waals surface area contributed by atoms with Crippen LogP contribution < -0.4 is 5.32 Å². The fourth-order valence-corrected chi connectivity index (χ4v) is 3.04. The first kappa shape index (κ1) is 11.1. The molecule has 0 amide bonds. The zero-order chi connectivity index (χ0) is 11.7. The van der Waals surface area contributed by atoms with Gasteiger partial charge in [-0.15, -0.1) is 0 Å². The summed E-state index contributed by atoms with van der Waals surface area (Å²) in [5, 5.41) is 7.69. The molecule has 0 aliphatic carbocycles. The van der Waals surface area contributed by atoms with E-state index in [2.05, 4.69) is 22.4 Å². The summed E-state index contributed by atoms with van der Waals surface area (Å²) in [6, 6.07) is 0.